The molecule has 0 fully saturated rings. The van der Waals surface area contributed by atoms with Crippen molar-refractivity contribution in [2.24, 2.45) is 4.99 Å². The van der Waals surface area contributed by atoms with E-state index in [9.17, 15) is 12.8 Å². The molecule has 1 aromatic rings. The van der Waals surface area contributed by atoms with E-state index in [2.05, 4.69) is 15.6 Å². The first-order valence-corrected chi connectivity index (χ1v) is 8.91. The second-order valence-electron chi connectivity index (χ2n) is 4.70. The number of benzene rings is 1. The first kappa shape index (κ1) is 21.1. The number of rotatable bonds is 7. The van der Waals surface area contributed by atoms with Gasteiger partial charge in [0.1, 0.15) is 15.7 Å². The van der Waals surface area contributed by atoms with Crippen LogP contribution in [0.2, 0.25) is 0 Å². The molecule has 0 radical (unpaired) electrons. The summed E-state index contributed by atoms with van der Waals surface area (Å²) in [6.45, 7) is 3.42. The lowest BCUT2D eigenvalue weighted by Gasteiger charge is -2.11. The van der Waals surface area contributed by atoms with E-state index in [1.54, 1.807) is 6.07 Å². The minimum atomic E-state index is -3.01. The lowest BCUT2D eigenvalue weighted by Crippen LogP contribution is -2.38. The fraction of sp³-hybridized carbons (Fsp3) is 0.500. The summed E-state index contributed by atoms with van der Waals surface area (Å²) < 4.78 is 35.2. The van der Waals surface area contributed by atoms with E-state index < -0.39 is 9.84 Å². The molecule has 1 aromatic carbocycles. The van der Waals surface area contributed by atoms with E-state index >= 15 is 0 Å². The predicted octanol–water partition coefficient (Wildman–Crippen LogP) is 1.59. The maximum Gasteiger partial charge on any atom is 0.191 e. The molecule has 0 spiro atoms. The van der Waals surface area contributed by atoms with Crippen LogP contribution in [0.1, 0.15) is 12.5 Å². The van der Waals surface area contributed by atoms with Gasteiger partial charge in [-0.25, -0.2) is 12.8 Å². The van der Waals surface area contributed by atoms with Gasteiger partial charge in [0.25, 0.3) is 0 Å². The molecule has 0 aromatic heterocycles. The quantitative estimate of drug-likeness (QED) is 0.382. The van der Waals surface area contributed by atoms with Crippen molar-refractivity contribution in [3.8, 4) is 0 Å². The van der Waals surface area contributed by atoms with Gasteiger partial charge in [-0.05, 0) is 31.0 Å². The number of nitrogens with one attached hydrogen (secondary N) is 2. The van der Waals surface area contributed by atoms with E-state index in [0.717, 1.165) is 5.56 Å². The zero-order valence-electron chi connectivity index (χ0n) is 12.8. The summed E-state index contributed by atoms with van der Waals surface area (Å²) in [5.41, 5.74) is 0.898. The fourth-order valence-corrected chi connectivity index (χ4v) is 2.11. The maximum atomic E-state index is 13.0. The average Bonchev–Trinajstić information content (AvgIpc) is 2.37. The van der Waals surface area contributed by atoms with Gasteiger partial charge in [0, 0.05) is 19.3 Å². The monoisotopic (exact) mass is 443 g/mol. The van der Waals surface area contributed by atoms with Gasteiger partial charge in [0.2, 0.25) is 0 Å². The Morgan fingerprint density at radius 2 is 2.05 bits per heavy atom. The molecule has 2 N–H and O–H groups in total. The molecular weight excluding hydrogens is 420 g/mol. The Hall–Kier alpha value is -0.900. The molecule has 0 saturated heterocycles. The van der Waals surface area contributed by atoms with Gasteiger partial charge < -0.3 is 10.6 Å². The van der Waals surface area contributed by atoms with Crippen molar-refractivity contribution in [1.29, 1.82) is 0 Å². The Kier molecular flexibility index (Phi) is 10.3. The smallest absolute Gasteiger partial charge is 0.191 e. The van der Waals surface area contributed by atoms with Gasteiger partial charge in [-0.2, -0.15) is 0 Å². The van der Waals surface area contributed by atoms with Crippen molar-refractivity contribution in [2.75, 3.05) is 31.6 Å². The summed E-state index contributed by atoms with van der Waals surface area (Å²) in [6.07, 6.45) is 1.85. The number of aliphatic imine (C=N–C) groups is 1. The number of hydrogen-bond donors (Lipinski definition) is 2. The SMILES string of the molecule is CCNC(=NCCS(C)(=O)=O)NCCc1cccc(F)c1.I. The van der Waals surface area contributed by atoms with Crippen LogP contribution in [0.25, 0.3) is 0 Å². The Morgan fingerprint density at radius 3 is 2.64 bits per heavy atom. The molecule has 0 unspecified atom stereocenters. The molecule has 0 aliphatic rings. The van der Waals surface area contributed by atoms with Gasteiger partial charge in [-0.15, -0.1) is 24.0 Å². The lowest BCUT2D eigenvalue weighted by atomic mass is 10.1. The van der Waals surface area contributed by atoms with Gasteiger partial charge in [-0.1, -0.05) is 12.1 Å². The Labute approximate surface area is 148 Å². The molecule has 126 valence electrons. The molecule has 0 bridgehead atoms. The van der Waals surface area contributed by atoms with Gasteiger partial charge in [0.15, 0.2) is 5.96 Å². The minimum absolute atomic E-state index is 0. The van der Waals surface area contributed by atoms with Crippen molar-refractivity contribution >= 4 is 39.8 Å². The van der Waals surface area contributed by atoms with Crippen LogP contribution in [0.15, 0.2) is 29.3 Å². The number of hydrogen-bond acceptors (Lipinski definition) is 3. The zero-order chi connectivity index (χ0) is 15.7. The Bertz CT molecular complexity index is 579. The summed E-state index contributed by atoms with van der Waals surface area (Å²) in [4.78, 5) is 4.19. The van der Waals surface area contributed by atoms with Crippen molar-refractivity contribution in [3.63, 3.8) is 0 Å². The molecule has 5 nitrogen and oxygen atoms in total. The minimum Gasteiger partial charge on any atom is -0.357 e. The van der Waals surface area contributed by atoms with Crippen LogP contribution < -0.4 is 10.6 Å². The third-order valence-electron chi connectivity index (χ3n) is 2.67. The largest absolute Gasteiger partial charge is 0.357 e. The summed E-state index contributed by atoms with van der Waals surface area (Å²) >= 11 is 0. The predicted molar refractivity (Wildman–Crippen MR) is 99.2 cm³/mol. The Balaban J connectivity index is 0.00000441. The molecule has 0 aliphatic heterocycles. The summed E-state index contributed by atoms with van der Waals surface area (Å²) in [7, 11) is -3.01. The molecule has 0 amide bonds. The van der Waals surface area contributed by atoms with E-state index in [4.69, 9.17) is 0 Å². The normalized spacial score (nSPS) is 11.7. The third-order valence-corrected chi connectivity index (χ3v) is 3.60. The molecule has 22 heavy (non-hydrogen) atoms. The maximum absolute atomic E-state index is 13.0. The first-order chi connectivity index (χ1) is 9.90. The van der Waals surface area contributed by atoms with Crippen molar-refractivity contribution < 1.29 is 12.8 Å². The summed E-state index contributed by atoms with van der Waals surface area (Å²) in [6, 6.07) is 6.44. The van der Waals surface area contributed by atoms with Crippen molar-refractivity contribution in [3.05, 3.63) is 35.6 Å². The highest BCUT2D eigenvalue weighted by Crippen LogP contribution is 2.03. The highest BCUT2D eigenvalue weighted by atomic mass is 127. The standard InChI is InChI=1S/C14H22FN3O2S.HI/c1-3-16-14(18-9-10-21(2,19)20)17-8-7-12-5-4-6-13(15)11-12;/h4-6,11H,3,7-10H2,1-2H3,(H2,16,17,18);1H. The molecule has 0 saturated carbocycles. The summed E-state index contributed by atoms with van der Waals surface area (Å²) in [5.74, 6) is 0.340. The number of guanidine groups is 1. The van der Waals surface area contributed by atoms with Gasteiger partial charge in [-0.3, -0.25) is 4.99 Å². The Morgan fingerprint density at radius 1 is 1.32 bits per heavy atom. The van der Waals surface area contributed by atoms with E-state index in [1.807, 2.05) is 13.0 Å². The molecule has 8 heteroatoms. The number of nitrogens with zero attached hydrogens (tertiary/aromatic N) is 1. The average molecular weight is 443 g/mol. The van der Waals surface area contributed by atoms with Crippen LogP contribution in [-0.2, 0) is 16.3 Å². The number of sulfone groups is 1. The van der Waals surface area contributed by atoms with E-state index in [1.165, 1.54) is 18.4 Å². The molecule has 0 aliphatic carbocycles. The fourth-order valence-electron chi connectivity index (χ4n) is 1.68. The van der Waals surface area contributed by atoms with Crippen molar-refractivity contribution in [1.82, 2.24) is 10.6 Å². The van der Waals surface area contributed by atoms with E-state index in [0.29, 0.717) is 25.5 Å². The summed E-state index contributed by atoms with van der Waals surface area (Å²) in [5, 5.41) is 6.13. The highest BCUT2D eigenvalue weighted by molar-refractivity contribution is 14.0. The molecule has 0 atom stereocenters. The van der Waals surface area contributed by atoms with Crippen LogP contribution in [-0.4, -0.2) is 46.0 Å². The van der Waals surface area contributed by atoms with E-state index in [-0.39, 0.29) is 42.1 Å². The molecule has 0 heterocycles. The topological polar surface area (TPSA) is 70.6 Å². The second-order valence-corrected chi connectivity index (χ2v) is 6.96. The van der Waals surface area contributed by atoms with Gasteiger partial charge >= 0.3 is 0 Å². The number of halogens is 2. The molecular formula is C14H23FIN3O2S. The zero-order valence-corrected chi connectivity index (χ0v) is 15.9. The third kappa shape index (κ3) is 9.93. The highest BCUT2D eigenvalue weighted by Gasteiger charge is 2.02. The van der Waals surface area contributed by atoms with Crippen LogP contribution in [0.4, 0.5) is 4.39 Å². The van der Waals surface area contributed by atoms with Crippen LogP contribution in [0, 0.1) is 5.82 Å². The van der Waals surface area contributed by atoms with Gasteiger partial charge in [0.05, 0.1) is 12.3 Å². The van der Waals surface area contributed by atoms with Crippen LogP contribution in [0.5, 0.6) is 0 Å². The van der Waals surface area contributed by atoms with Crippen LogP contribution >= 0.6 is 24.0 Å². The molecule has 1 rings (SSSR count). The van der Waals surface area contributed by atoms with Crippen molar-refractivity contribution in [2.45, 2.75) is 13.3 Å². The lowest BCUT2D eigenvalue weighted by molar-refractivity contribution is 0.601. The second kappa shape index (κ2) is 10.8. The first-order valence-electron chi connectivity index (χ1n) is 6.85. The van der Waals surface area contributed by atoms with Crippen LogP contribution in [0.3, 0.4) is 0 Å².